The minimum Gasteiger partial charge on any atom is -0.398 e. The molecule has 0 amide bonds. The largest absolute Gasteiger partial charge is 0.398 e. The van der Waals surface area contributed by atoms with Gasteiger partial charge in [0.2, 0.25) is 0 Å². The van der Waals surface area contributed by atoms with Gasteiger partial charge in [-0.2, -0.15) is 5.26 Å². The lowest BCUT2D eigenvalue weighted by atomic mass is 10.0. The maximum atomic E-state index is 8.76. The first-order chi connectivity index (χ1) is 6.67. The summed E-state index contributed by atoms with van der Waals surface area (Å²) in [6.45, 7) is -0.0556. The molecular formula is C10H13N3O. The molecule has 0 radical (unpaired) electrons. The quantitative estimate of drug-likeness (QED) is 0.586. The topological polar surface area (TPSA) is 96.1 Å². The molecule has 0 unspecified atom stereocenters. The van der Waals surface area contributed by atoms with E-state index in [1.165, 1.54) is 0 Å². The van der Waals surface area contributed by atoms with Gasteiger partial charge in [-0.05, 0) is 24.1 Å². The van der Waals surface area contributed by atoms with Crippen LogP contribution < -0.4 is 11.5 Å². The maximum absolute atomic E-state index is 8.76. The number of nitriles is 1. The second-order valence-electron chi connectivity index (χ2n) is 3.18. The molecule has 1 rings (SSSR count). The molecule has 0 saturated carbocycles. The van der Waals surface area contributed by atoms with E-state index in [4.69, 9.17) is 21.8 Å². The smallest absolute Gasteiger partial charge is 0.101 e. The predicted octanol–water partition coefficient (Wildman–Crippen LogP) is 0.00258. The molecule has 0 aliphatic carbocycles. The third-order valence-corrected chi connectivity index (χ3v) is 1.97. The lowest BCUT2D eigenvalue weighted by molar-refractivity contribution is 0.265. The van der Waals surface area contributed by atoms with Crippen molar-refractivity contribution in [3.8, 4) is 6.07 Å². The van der Waals surface area contributed by atoms with Crippen molar-refractivity contribution in [3.63, 3.8) is 0 Å². The predicted molar refractivity (Wildman–Crippen MR) is 54.3 cm³/mol. The lowest BCUT2D eigenvalue weighted by Crippen LogP contribution is -2.26. The molecule has 0 spiro atoms. The van der Waals surface area contributed by atoms with Crippen molar-refractivity contribution >= 4 is 5.69 Å². The zero-order chi connectivity index (χ0) is 10.6. The lowest BCUT2D eigenvalue weighted by Gasteiger charge is -2.08. The van der Waals surface area contributed by atoms with E-state index in [-0.39, 0.29) is 12.6 Å². The van der Waals surface area contributed by atoms with Gasteiger partial charge in [0.25, 0.3) is 0 Å². The Hall–Kier alpha value is -1.57. The normalized spacial score (nSPS) is 12.1. The zero-order valence-electron chi connectivity index (χ0n) is 7.77. The first-order valence-electron chi connectivity index (χ1n) is 4.32. The molecule has 1 aromatic carbocycles. The molecule has 0 heterocycles. The molecule has 14 heavy (non-hydrogen) atoms. The number of aliphatic hydroxyl groups excluding tert-OH is 1. The average molecular weight is 191 g/mol. The number of rotatable bonds is 3. The first-order valence-corrected chi connectivity index (χ1v) is 4.32. The Morgan fingerprint density at radius 1 is 1.50 bits per heavy atom. The van der Waals surface area contributed by atoms with E-state index in [1.807, 2.05) is 6.07 Å². The summed E-state index contributed by atoms with van der Waals surface area (Å²) in [4.78, 5) is 0. The van der Waals surface area contributed by atoms with Gasteiger partial charge < -0.3 is 16.6 Å². The van der Waals surface area contributed by atoms with E-state index >= 15 is 0 Å². The van der Waals surface area contributed by atoms with Crippen LogP contribution in [0.4, 0.5) is 5.69 Å². The molecule has 0 fully saturated rings. The number of hydrogen-bond acceptors (Lipinski definition) is 4. The van der Waals surface area contributed by atoms with Gasteiger partial charge in [-0.15, -0.1) is 0 Å². The Morgan fingerprint density at radius 2 is 2.21 bits per heavy atom. The molecule has 0 aromatic heterocycles. The van der Waals surface area contributed by atoms with Crippen molar-refractivity contribution in [1.82, 2.24) is 0 Å². The van der Waals surface area contributed by atoms with Gasteiger partial charge in [0.05, 0.1) is 12.2 Å². The number of benzene rings is 1. The zero-order valence-corrected chi connectivity index (χ0v) is 7.77. The Bertz CT molecular complexity index is 357. The van der Waals surface area contributed by atoms with Crippen molar-refractivity contribution in [2.75, 3.05) is 12.3 Å². The summed E-state index contributed by atoms with van der Waals surface area (Å²) in [7, 11) is 0. The van der Waals surface area contributed by atoms with Gasteiger partial charge in [0.1, 0.15) is 6.07 Å². The standard InChI is InChI=1S/C10H13N3O/c11-5-8-2-1-7(4-10(8)13)3-9(12)6-14/h1-2,4,9,14H,3,6,12-13H2/t9-/m1/s1. The monoisotopic (exact) mass is 191 g/mol. The van der Waals surface area contributed by atoms with Gasteiger partial charge in [-0.1, -0.05) is 6.07 Å². The SMILES string of the molecule is N#Cc1ccc(C[C@@H](N)CO)cc1N. The molecule has 1 aromatic rings. The van der Waals surface area contributed by atoms with E-state index < -0.39 is 0 Å². The number of aliphatic hydroxyl groups is 1. The van der Waals surface area contributed by atoms with Gasteiger partial charge in [0, 0.05) is 11.7 Å². The van der Waals surface area contributed by atoms with E-state index in [0.717, 1.165) is 5.56 Å². The summed E-state index contributed by atoms with van der Waals surface area (Å²) < 4.78 is 0. The highest BCUT2D eigenvalue weighted by molar-refractivity contribution is 5.55. The highest BCUT2D eigenvalue weighted by Gasteiger charge is 2.04. The van der Waals surface area contributed by atoms with Crippen molar-refractivity contribution in [2.24, 2.45) is 5.73 Å². The number of anilines is 1. The van der Waals surface area contributed by atoms with Crippen LogP contribution in [0.2, 0.25) is 0 Å². The Morgan fingerprint density at radius 3 is 2.71 bits per heavy atom. The molecule has 1 atom stereocenters. The number of nitrogens with zero attached hydrogens (tertiary/aromatic N) is 1. The summed E-state index contributed by atoms with van der Waals surface area (Å²) in [6, 6.07) is 6.88. The van der Waals surface area contributed by atoms with Crippen molar-refractivity contribution in [2.45, 2.75) is 12.5 Å². The van der Waals surface area contributed by atoms with Crippen LogP contribution in [0.1, 0.15) is 11.1 Å². The fraction of sp³-hybridized carbons (Fsp3) is 0.300. The summed E-state index contributed by atoms with van der Waals surface area (Å²) in [5, 5.41) is 17.4. The summed E-state index contributed by atoms with van der Waals surface area (Å²) in [6.07, 6.45) is 0.562. The Balaban J connectivity index is 2.82. The molecule has 0 aliphatic rings. The van der Waals surface area contributed by atoms with Gasteiger partial charge >= 0.3 is 0 Å². The van der Waals surface area contributed by atoms with Crippen molar-refractivity contribution in [3.05, 3.63) is 29.3 Å². The molecule has 0 saturated heterocycles. The molecule has 74 valence electrons. The number of nitrogens with two attached hydrogens (primary N) is 2. The van der Waals surface area contributed by atoms with E-state index in [9.17, 15) is 0 Å². The molecule has 5 N–H and O–H groups in total. The third kappa shape index (κ3) is 2.46. The van der Waals surface area contributed by atoms with Crippen LogP contribution in [0.25, 0.3) is 0 Å². The number of hydrogen-bond donors (Lipinski definition) is 3. The maximum Gasteiger partial charge on any atom is 0.101 e. The molecule has 4 heteroatoms. The second kappa shape index (κ2) is 4.61. The Kier molecular flexibility index (Phi) is 3.46. The van der Waals surface area contributed by atoms with Crippen LogP contribution in [-0.4, -0.2) is 17.8 Å². The van der Waals surface area contributed by atoms with Gasteiger partial charge in [0.15, 0.2) is 0 Å². The van der Waals surface area contributed by atoms with E-state index in [0.29, 0.717) is 17.7 Å². The van der Waals surface area contributed by atoms with Crippen LogP contribution >= 0.6 is 0 Å². The second-order valence-corrected chi connectivity index (χ2v) is 3.18. The minimum absolute atomic E-state index is 0.0556. The fourth-order valence-corrected chi connectivity index (χ4v) is 1.21. The minimum atomic E-state index is -0.276. The van der Waals surface area contributed by atoms with E-state index in [2.05, 4.69) is 0 Å². The third-order valence-electron chi connectivity index (χ3n) is 1.97. The fourth-order valence-electron chi connectivity index (χ4n) is 1.21. The van der Waals surface area contributed by atoms with Crippen molar-refractivity contribution < 1.29 is 5.11 Å². The first kappa shape index (κ1) is 10.5. The molecular weight excluding hydrogens is 178 g/mol. The van der Waals surface area contributed by atoms with E-state index in [1.54, 1.807) is 18.2 Å². The highest BCUT2D eigenvalue weighted by Crippen LogP contribution is 2.14. The van der Waals surface area contributed by atoms with Crippen LogP contribution in [0, 0.1) is 11.3 Å². The van der Waals surface area contributed by atoms with Crippen LogP contribution in [-0.2, 0) is 6.42 Å². The van der Waals surface area contributed by atoms with Crippen LogP contribution in [0.3, 0.4) is 0 Å². The van der Waals surface area contributed by atoms with Gasteiger partial charge in [-0.3, -0.25) is 0 Å². The molecule has 4 nitrogen and oxygen atoms in total. The van der Waals surface area contributed by atoms with Gasteiger partial charge in [-0.25, -0.2) is 0 Å². The summed E-state index contributed by atoms with van der Waals surface area (Å²) >= 11 is 0. The molecule has 0 aliphatic heterocycles. The summed E-state index contributed by atoms with van der Waals surface area (Å²) in [5.41, 5.74) is 13.0. The van der Waals surface area contributed by atoms with Crippen molar-refractivity contribution in [1.29, 1.82) is 5.26 Å². The molecule has 0 bridgehead atoms. The summed E-state index contributed by atoms with van der Waals surface area (Å²) in [5.74, 6) is 0. The number of nitrogen functional groups attached to an aromatic ring is 1. The van der Waals surface area contributed by atoms with Crippen LogP contribution in [0.15, 0.2) is 18.2 Å². The highest BCUT2D eigenvalue weighted by atomic mass is 16.3. The Labute approximate surface area is 82.8 Å². The van der Waals surface area contributed by atoms with Crippen LogP contribution in [0.5, 0.6) is 0 Å². The average Bonchev–Trinajstić information content (AvgIpc) is 2.18.